The summed E-state index contributed by atoms with van der Waals surface area (Å²) < 4.78 is 361. The first-order valence-corrected chi connectivity index (χ1v) is 13.3. The Morgan fingerprint density at radius 2 is 0.736 bits per heavy atom. The Labute approximate surface area is 276 Å². The summed E-state index contributed by atoms with van der Waals surface area (Å²) in [6.07, 6.45) is -29.2. The molecule has 0 amide bonds. The Morgan fingerprint density at radius 1 is 0.434 bits per heavy atom. The van der Waals surface area contributed by atoms with E-state index in [0.29, 0.717) is 0 Å². The van der Waals surface area contributed by atoms with E-state index < -0.39 is 116 Å². The van der Waals surface area contributed by atoms with Gasteiger partial charge in [-0.15, -0.1) is 0 Å². The van der Waals surface area contributed by atoms with Crippen LogP contribution in [0.1, 0.15) is 37.5 Å². The molecule has 1 aromatic rings. The van der Waals surface area contributed by atoms with Gasteiger partial charge in [0.05, 0.1) is 12.2 Å². The van der Waals surface area contributed by atoms with Crippen molar-refractivity contribution in [2.45, 2.75) is 109 Å². The Balaban J connectivity index is 2.56. The molecule has 0 aromatic heterocycles. The lowest BCUT2D eigenvalue weighted by Gasteiger charge is -2.41. The van der Waals surface area contributed by atoms with Crippen LogP contribution in [-0.2, 0) is 9.47 Å². The van der Waals surface area contributed by atoms with Crippen LogP contribution in [0.25, 0.3) is 0 Å². The molecule has 310 valence electrons. The monoisotopic (exact) mass is 842 g/mol. The lowest BCUT2D eigenvalue weighted by atomic mass is 9.84. The van der Waals surface area contributed by atoms with E-state index >= 15 is 0 Å². The molecule has 28 heteroatoms. The van der Waals surface area contributed by atoms with Gasteiger partial charge in [0.25, 0.3) is 0 Å². The van der Waals surface area contributed by atoms with Gasteiger partial charge >= 0.3 is 71.6 Å². The number of halogens is 26. The molecule has 1 aliphatic rings. The SMILES string of the molecule is FC(F)(F)C(F)(F)C(F)(F)C(F)(F)C(F)(F)C(F)(F)CCC1(CCC(F)(F)C(F)(F)C(F)(F)C(F)(F)C(F)(F)C(F)(F)F)COC(c2ccccc2)O1. The molecular formula is C25H16F26O2. The van der Waals surface area contributed by atoms with Crippen molar-refractivity contribution in [2.24, 2.45) is 0 Å². The molecule has 1 aliphatic heterocycles. The van der Waals surface area contributed by atoms with E-state index in [2.05, 4.69) is 0 Å². The smallest absolute Gasteiger partial charge is 0.345 e. The second-order valence-electron chi connectivity index (χ2n) is 11.4. The van der Waals surface area contributed by atoms with Crippen molar-refractivity contribution in [1.82, 2.24) is 0 Å². The average Bonchev–Trinajstić information content (AvgIpc) is 3.42. The zero-order valence-electron chi connectivity index (χ0n) is 24.6. The minimum Gasteiger partial charge on any atom is -0.345 e. The van der Waals surface area contributed by atoms with Gasteiger partial charge in [0.15, 0.2) is 6.29 Å². The fourth-order valence-electron chi connectivity index (χ4n) is 4.37. The van der Waals surface area contributed by atoms with E-state index in [4.69, 9.17) is 9.47 Å². The van der Waals surface area contributed by atoms with Crippen molar-refractivity contribution in [3.8, 4) is 0 Å². The summed E-state index contributed by atoms with van der Waals surface area (Å²) in [4.78, 5) is 0. The van der Waals surface area contributed by atoms with Gasteiger partial charge in [-0.05, 0) is 12.8 Å². The lowest BCUT2D eigenvalue weighted by Crippen LogP contribution is -2.70. The van der Waals surface area contributed by atoms with Crippen LogP contribution in [0.3, 0.4) is 0 Å². The summed E-state index contributed by atoms with van der Waals surface area (Å²) in [5.41, 5.74) is -3.87. The normalized spacial score (nSPS) is 19.5. The van der Waals surface area contributed by atoms with Gasteiger partial charge in [0.1, 0.15) is 0 Å². The molecule has 1 heterocycles. The fraction of sp³-hybridized carbons (Fsp3) is 0.760. The number of benzene rings is 1. The molecule has 1 unspecified atom stereocenters. The number of rotatable bonds is 15. The second kappa shape index (κ2) is 13.2. The second-order valence-corrected chi connectivity index (χ2v) is 11.4. The van der Waals surface area contributed by atoms with Crippen molar-refractivity contribution in [3.05, 3.63) is 35.9 Å². The molecule has 0 bridgehead atoms. The summed E-state index contributed by atoms with van der Waals surface area (Å²) in [7, 11) is 0. The Kier molecular flexibility index (Phi) is 11.6. The molecule has 0 spiro atoms. The van der Waals surface area contributed by atoms with Crippen LogP contribution in [0.15, 0.2) is 30.3 Å². The molecule has 2 rings (SSSR count). The Morgan fingerprint density at radius 3 is 1.04 bits per heavy atom. The molecule has 2 nitrogen and oxygen atoms in total. The molecule has 0 radical (unpaired) electrons. The predicted octanol–water partition coefficient (Wildman–Crippen LogP) is 11.5. The highest BCUT2D eigenvalue weighted by atomic mass is 19.4. The van der Waals surface area contributed by atoms with Crippen LogP contribution in [0, 0.1) is 0 Å². The third-order valence-electron chi connectivity index (χ3n) is 7.71. The van der Waals surface area contributed by atoms with E-state index in [-0.39, 0.29) is 5.56 Å². The summed E-state index contributed by atoms with van der Waals surface area (Å²) >= 11 is 0. The lowest BCUT2D eigenvalue weighted by molar-refractivity contribution is -0.440. The molecule has 0 saturated carbocycles. The molecule has 1 atom stereocenters. The maximum absolute atomic E-state index is 14.5. The van der Waals surface area contributed by atoms with Crippen molar-refractivity contribution in [3.63, 3.8) is 0 Å². The first-order chi connectivity index (χ1) is 23.1. The first-order valence-electron chi connectivity index (χ1n) is 13.3. The maximum Gasteiger partial charge on any atom is 0.460 e. The molecule has 0 aliphatic carbocycles. The van der Waals surface area contributed by atoms with Crippen LogP contribution >= 0.6 is 0 Å². The summed E-state index contributed by atoms with van der Waals surface area (Å²) in [6, 6.07) is 5.21. The van der Waals surface area contributed by atoms with Gasteiger partial charge in [0.2, 0.25) is 0 Å². The van der Waals surface area contributed by atoms with Crippen molar-refractivity contribution in [2.75, 3.05) is 6.61 Å². The number of hydrogen-bond donors (Lipinski definition) is 0. The van der Waals surface area contributed by atoms with Crippen LogP contribution in [0.5, 0.6) is 0 Å². The first kappa shape index (κ1) is 46.5. The molecular weight excluding hydrogens is 826 g/mol. The molecule has 0 N–H and O–H groups in total. The van der Waals surface area contributed by atoms with Gasteiger partial charge in [0, 0.05) is 18.4 Å². The summed E-state index contributed by atoms with van der Waals surface area (Å²) in [5, 5.41) is 0. The minimum absolute atomic E-state index is 0.371. The molecule has 1 aromatic carbocycles. The zero-order chi connectivity index (χ0) is 42.1. The molecule has 53 heavy (non-hydrogen) atoms. The van der Waals surface area contributed by atoms with Crippen LogP contribution < -0.4 is 0 Å². The third-order valence-corrected chi connectivity index (χ3v) is 7.71. The van der Waals surface area contributed by atoms with E-state index in [1.165, 1.54) is 6.07 Å². The van der Waals surface area contributed by atoms with Gasteiger partial charge < -0.3 is 9.47 Å². The highest BCUT2D eigenvalue weighted by Crippen LogP contribution is 2.63. The third kappa shape index (κ3) is 7.15. The van der Waals surface area contributed by atoms with E-state index in [9.17, 15) is 114 Å². The highest BCUT2D eigenvalue weighted by molar-refractivity contribution is 5.18. The molecule has 1 saturated heterocycles. The summed E-state index contributed by atoms with van der Waals surface area (Å²) in [6.45, 7) is -1.73. The van der Waals surface area contributed by atoms with Crippen molar-refractivity contribution >= 4 is 0 Å². The van der Waals surface area contributed by atoms with Gasteiger partial charge in [-0.1, -0.05) is 30.3 Å². The summed E-state index contributed by atoms with van der Waals surface area (Å²) in [5.74, 6) is -79.7. The van der Waals surface area contributed by atoms with Crippen LogP contribution in [-0.4, -0.2) is 83.8 Å². The maximum atomic E-state index is 14.5. The van der Waals surface area contributed by atoms with Crippen molar-refractivity contribution in [1.29, 1.82) is 0 Å². The number of hydrogen-bond acceptors (Lipinski definition) is 2. The van der Waals surface area contributed by atoms with E-state index in [0.717, 1.165) is 24.3 Å². The predicted molar refractivity (Wildman–Crippen MR) is 119 cm³/mol. The molecule has 1 fully saturated rings. The topological polar surface area (TPSA) is 18.5 Å². The Bertz CT molecular complexity index is 1330. The zero-order valence-corrected chi connectivity index (χ0v) is 24.6. The fourth-order valence-corrected chi connectivity index (χ4v) is 4.37. The standard InChI is InChI=1S/C25H16F26O2/c26-14(27,16(30,31)18(34,35)20(38,39)22(42,43)24(46,47)48)8-6-13(10-52-12(53-13)11-4-2-1-3-5-11)7-9-15(28,29)17(32,33)19(36,37)21(40,41)23(44,45)25(49,50)51/h1-5,12H,6-10H2. The highest BCUT2D eigenvalue weighted by Gasteiger charge is 2.92. The minimum atomic E-state index is -8.39. The average molecular weight is 842 g/mol. The van der Waals surface area contributed by atoms with E-state index in [1.807, 2.05) is 0 Å². The number of ether oxygens (including phenoxy) is 2. The number of alkyl halides is 26. The van der Waals surface area contributed by atoms with Gasteiger partial charge in [-0.25, -0.2) is 0 Å². The van der Waals surface area contributed by atoms with Gasteiger partial charge in [-0.2, -0.15) is 114 Å². The van der Waals surface area contributed by atoms with E-state index in [1.54, 1.807) is 0 Å². The largest absolute Gasteiger partial charge is 0.460 e. The van der Waals surface area contributed by atoms with Crippen molar-refractivity contribution < 1.29 is 124 Å². The van der Waals surface area contributed by atoms with Gasteiger partial charge in [-0.3, -0.25) is 0 Å². The van der Waals surface area contributed by atoms with Crippen LogP contribution in [0.2, 0.25) is 0 Å². The quantitative estimate of drug-likeness (QED) is 0.164. The Hall–Kier alpha value is -2.68. The van der Waals surface area contributed by atoms with Crippen LogP contribution in [0.4, 0.5) is 114 Å².